The second-order valence-corrected chi connectivity index (χ2v) is 4.70. The minimum absolute atomic E-state index is 0.437. The van der Waals surface area contributed by atoms with Crippen molar-refractivity contribution in [1.82, 2.24) is 0 Å². The molecule has 3 N–H and O–H groups in total. The molecule has 0 bridgehead atoms. The molecule has 2 rings (SSSR count). The molecule has 2 heteroatoms. The second-order valence-electron chi connectivity index (χ2n) is 4.70. The Hall–Kier alpha value is -1.96. The molecule has 2 nitrogen and oxygen atoms in total. The highest BCUT2D eigenvalue weighted by atomic mass is 14.9. The van der Waals surface area contributed by atoms with Crippen LogP contribution in [0.3, 0.4) is 0 Å². The molecule has 94 valence electrons. The fourth-order valence-electron chi connectivity index (χ4n) is 2.01. The van der Waals surface area contributed by atoms with Gasteiger partial charge in [0.05, 0.1) is 0 Å². The van der Waals surface area contributed by atoms with E-state index in [1.54, 1.807) is 0 Å². The van der Waals surface area contributed by atoms with E-state index in [1.807, 2.05) is 18.2 Å². The molecule has 0 aliphatic heterocycles. The van der Waals surface area contributed by atoms with E-state index < -0.39 is 0 Å². The zero-order valence-corrected chi connectivity index (χ0v) is 10.8. The number of anilines is 2. The van der Waals surface area contributed by atoms with E-state index in [9.17, 15) is 0 Å². The lowest BCUT2D eigenvalue weighted by molar-refractivity contribution is 0.706. The number of nitrogens with one attached hydrogen (secondary N) is 1. The van der Waals surface area contributed by atoms with Crippen molar-refractivity contribution in [2.75, 3.05) is 11.1 Å². The highest BCUT2D eigenvalue weighted by Gasteiger charge is 2.02. The quantitative estimate of drug-likeness (QED) is 0.782. The third kappa shape index (κ3) is 3.81. The molecule has 2 aromatic rings. The minimum Gasteiger partial charge on any atom is -0.399 e. The fraction of sp³-hybridized carbons (Fsp3) is 0.250. The monoisotopic (exact) mass is 240 g/mol. The first-order chi connectivity index (χ1) is 8.74. The Morgan fingerprint density at radius 1 is 1.06 bits per heavy atom. The van der Waals surface area contributed by atoms with E-state index >= 15 is 0 Å². The largest absolute Gasteiger partial charge is 0.399 e. The smallest absolute Gasteiger partial charge is 0.0362 e. The molecule has 1 atom stereocenters. The summed E-state index contributed by atoms with van der Waals surface area (Å²) in [5.74, 6) is 0. The highest BCUT2D eigenvalue weighted by molar-refractivity contribution is 5.54. The Bertz CT molecular complexity index is 479. The van der Waals surface area contributed by atoms with Gasteiger partial charge < -0.3 is 11.1 Å². The molecule has 0 saturated carbocycles. The summed E-state index contributed by atoms with van der Waals surface area (Å²) < 4.78 is 0. The van der Waals surface area contributed by atoms with Gasteiger partial charge in [-0.2, -0.15) is 0 Å². The molecule has 2 aromatic carbocycles. The second kappa shape index (κ2) is 6.10. The Balaban J connectivity index is 1.84. The maximum absolute atomic E-state index is 5.76. The zero-order valence-electron chi connectivity index (χ0n) is 10.8. The summed E-state index contributed by atoms with van der Waals surface area (Å²) in [6.45, 7) is 2.20. The highest BCUT2D eigenvalue weighted by Crippen LogP contribution is 2.14. The summed E-state index contributed by atoms with van der Waals surface area (Å²) >= 11 is 0. The molecule has 0 radical (unpaired) electrons. The summed E-state index contributed by atoms with van der Waals surface area (Å²) in [4.78, 5) is 0. The number of hydrogen-bond acceptors (Lipinski definition) is 2. The van der Waals surface area contributed by atoms with Gasteiger partial charge in [0.1, 0.15) is 0 Å². The normalized spacial score (nSPS) is 12.1. The third-order valence-corrected chi connectivity index (χ3v) is 3.01. The molecular formula is C16H20N2. The van der Waals surface area contributed by atoms with Crippen LogP contribution in [0.4, 0.5) is 11.4 Å². The maximum Gasteiger partial charge on any atom is 0.0362 e. The van der Waals surface area contributed by atoms with Gasteiger partial charge in [-0.15, -0.1) is 0 Å². The first kappa shape index (κ1) is 12.5. The van der Waals surface area contributed by atoms with Crippen LogP contribution < -0.4 is 11.1 Å². The molecule has 0 heterocycles. The van der Waals surface area contributed by atoms with E-state index in [2.05, 4.69) is 48.6 Å². The van der Waals surface area contributed by atoms with Gasteiger partial charge in [0.2, 0.25) is 0 Å². The van der Waals surface area contributed by atoms with Crippen LogP contribution in [0.1, 0.15) is 18.9 Å². The van der Waals surface area contributed by atoms with Crippen molar-refractivity contribution < 1.29 is 0 Å². The van der Waals surface area contributed by atoms with Crippen LogP contribution in [0.25, 0.3) is 0 Å². The predicted octanol–water partition coefficient (Wildman–Crippen LogP) is 3.70. The molecule has 18 heavy (non-hydrogen) atoms. The lowest BCUT2D eigenvalue weighted by atomic mass is 10.1. The molecule has 0 aromatic heterocycles. The SMILES string of the molecule is CC(CCc1ccccc1)Nc1cccc(N)c1. The summed E-state index contributed by atoms with van der Waals surface area (Å²) in [6, 6.07) is 18.9. The third-order valence-electron chi connectivity index (χ3n) is 3.01. The summed E-state index contributed by atoms with van der Waals surface area (Å²) in [6.07, 6.45) is 2.20. The Kier molecular flexibility index (Phi) is 4.24. The molecule has 0 spiro atoms. The average Bonchev–Trinajstić information content (AvgIpc) is 2.38. The van der Waals surface area contributed by atoms with Crippen molar-refractivity contribution in [2.24, 2.45) is 0 Å². The van der Waals surface area contributed by atoms with Gasteiger partial charge in [0, 0.05) is 17.4 Å². The van der Waals surface area contributed by atoms with Crippen LogP contribution in [0.5, 0.6) is 0 Å². The summed E-state index contributed by atoms with van der Waals surface area (Å²) in [7, 11) is 0. The van der Waals surface area contributed by atoms with Crippen LogP contribution in [-0.4, -0.2) is 6.04 Å². The van der Waals surface area contributed by atoms with Gasteiger partial charge in [-0.25, -0.2) is 0 Å². The van der Waals surface area contributed by atoms with Gasteiger partial charge in [0.25, 0.3) is 0 Å². The molecular weight excluding hydrogens is 220 g/mol. The Morgan fingerprint density at radius 2 is 1.83 bits per heavy atom. The van der Waals surface area contributed by atoms with Gasteiger partial charge >= 0.3 is 0 Å². The van der Waals surface area contributed by atoms with Crippen molar-refractivity contribution in [1.29, 1.82) is 0 Å². The van der Waals surface area contributed by atoms with Crippen molar-refractivity contribution in [2.45, 2.75) is 25.8 Å². The van der Waals surface area contributed by atoms with Crippen molar-refractivity contribution in [3.63, 3.8) is 0 Å². The van der Waals surface area contributed by atoms with E-state index in [0.29, 0.717) is 6.04 Å². The minimum atomic E-state index is 0.437. The van der Waals surface area contributed by atoms with Crippen molar-refractivity contribution in [3.05, 3.63) is 60.2 Å². The van der Waals surface area contributed by atoms with Gasteiger partial charge in [-0.3, -0.25) is 0 Å². The first-order valence-electron chi connectivity index (χ1n) is 6.40. The molecule has 0 aliphatic carbocycles. The number of aryl methyl sites for hydroxylation is 1. The maximum atomic E-state index is 5.76. The lowest BCUT2D eigenvalue weighted by Crippen LogP contribution is -2.16. The first-order valence-corrected chi connectivity index (χ1v) is 6.40. The van der Waals surface area contributed by atoms with Crippen LogP contribution >= 0.6 is 0 Å². The number of benzene rings is 2. The Morgan fingerprint density at radius 3 is 2.56 bits per heavy atom. The molecule has 0 amide bonds. The standard InChI is InChI=1S/C16H20N2/c1-13(10-11-14-6-3-2-4-7-14)18-16-9-5-8-15(17)12-16/h2-9,12-13,18H,10-11,17H2,1H3. The topological polar surface area (TPSA) is 38.0 Å². The number of nitrogen functional groups attached to an aromatic ring is 1. The van der Waals surface area contributed by atoms with E-state index in [4.69, 9.17) is 5.73 Å². The van der Waals surface area contributed by atoms with E-state index in [-0.39, 0.29) is 0 Å². The zero-order chi connectivity index (χ0) is 12.8. The van der Waals surface area contributed by atoms with Crippen LogP contribution in [0, 0.1) is 0 Å². The van der Waals surface area contributed by atoms with Gasteiger partial charge in [-0.05, 0) is 43.5 Å². The number of rotatable bonds is 5. The average molecular weight is 240 g/mol. The van der Waals surface area contributed by atoms with Crippen LogP contribution in [-0.2, 0) is 6.42 Å². The van der Waals surface area contributed by atoms with E-state index in [0.717, 1.165) is 24.2 Å². The molecule has 1 unspecified atom stereocenters. The summed E-state index contributed by atoms with van der Waals surface area (Å²) in [5.41, 5.74) is 9.04. The van der Waals surface area contributed by atoms with Crippen molar-refractivity contribution in [3.8, 4) is 0 Å². The molecule has 0 aliphatic rings. The fourth-order valence-corrected chi connectivity index (χ4v) is 2.01. The van der Waals surface area contributed by atoms with Gasteiger partial charge in [0.15, 0.2) is 0 Å². The predicted molar refractivity (Wildman–Crippen MR) is 78.7 cm³/mol. The summed E-state index contributed by atoms with van der Waals surface area (Å²) in [5, 5.41) is 3.47. The molecule has 0 fully saturated rings. The Labute approximate surface area is 109 Å². The van der Waals surface area contributed by atoms with Gasteiger partial charge in [-0.1, -0.05) is 36.4 Å². The lowest BCUT2D eigenvalue weighted by Gasteiger charge is -2.15. The number of hydrogen-bond donors (Lipinski definition) is 2. The van der Waals surface area contributed by atoms with Crippen molar-refractivity contribution >= 4 is 11.4 Å². The van der Waals surface area contributed by atoms with Crippen LogP contribution in [0.15, 0.2) is 54.6 Å². The number of nitrogens with two attached hydrogens (primary N) is 1. The van der Waals surface area contributed by atoms with E-state index in [1.165, 1.54) is 5.56 Å². The van der Waals surface area contributed by atoms with Crippen LogP contribution in [0.2, 0.25) is 0 Å². The molecule has 0 saturated heterocycles.